The summed E-state index contributed by atoms with van der Waals surface area (Å²) in [6, 6.07) is 7.88. The van der Waals surface area contributed by atoms with E-state index in [1.54, 1.807) is 11.8 Å². The maximum absolute atomic E-state index is 11.6. The number of nitrogens with zero attached hydrogens (tertiary/aromatic N) is 6. The van der Waals surface area contributed by atoms with Gasteiger partial charge < -0.3 is 19.5 Å². The van der Waals surface area contributed by atoms with Crippen LogP contribution in [-0.4, -0.2) is 74.9 Å². The van der Waals surface area contributed by atoms with Crippen molar-refractivity contribution in [2.75, 3.05) is 31.9 Å². The van der Waals surface area contributed by atoms with E-state index in [-0.39, 0.29) is 18.9 Å². The molecule has 4 aromatic rings. The van der Waals surface area contributed by atoms with E-state index in [0.29, 0.717) is 24.7 Å². The Morgan fingerprint density at radius 2 is 1.92 bits per heavy atom. The second-order valence-electron chi connectivity index (χ2n) is 9.40. The van der Waals surface area contributed by atoms with Gasteiger partial charge in [0.25, 0.3) is 0 Å². The van der Waals surface area contributed by atoms with E-state index in [0.717, 1.165) is 38.6 Å². The number of ether oxygens (including phenoxy) is 2. The van der Waals surface area contributed by atoms with Crippen LogP contribution >= 0.6 is 0 Å². The van der Waals surface area contributed by atoms with Crippen molar-refractivity contribution in [3.8, 4) is 17.1 Å². The quantitative estimate of drug-likeness (QED) is 0.418. The number of benzene rings is 2. The highest BCUT2D eigenvalue weighted by molar-refractivity contribution is 5.91. The zero-order valence-electron chi connectivity index (χ0n) is 21.1. The largest absolute Gasteiger partial charge is 0.466 e. The molecule has 1 aliphatic heterocycles. The van der Waals surface area contributed by atoms with Crippen molar-refractivity contribution in [3.05, 3.63) is 42.2 Å². The highest BCUT2D eigenvalue weighted by atomic mass is 16.7. The van der Waals surface area contributed by atoms with E-state index in [9.17, 15) is 9.90 Å². The molecular formula is C26H30N6O4. The highest BCUT2D eigenvalue weighted by Crippen LogP contribution is 2.37. The number of fused-ring (bicyclic) bond motifs is 2. The number of anilines is 1. The van der Waals surface area contributed by atoms with E-state index in [1.807, 2.05) is 58.4 Å². The van der Waals surface area contributed by atoms with Crippen LogP contribution in [0.2, 0.25) is 0 Å². The maximum Gasteiger partial charge on any atom is 0.407 e. The molecule has 10 heteroatoms. The second-order valence-corrected chi connectivity index (χ2v) is 9.40. The average molecular weight is 491 g/mol. The van der Waals surface area contributed by atoms with Crippen molar-refractivity contribution in [2.45, 2.75) is 32.9 Å². The van der Waals surface area contributed by atoms with E-state index >= 15 is 0 Å². The van der Waals surface area contributed by atoms with Gasteiger partial charge in [-0.15, -0.1) is 0 Å². The lowest BCUT2D eigenvalue weighted by molar-refractivity contribution is 0.0511. The van der Waals surface area contributed by atoms with Crippen molar-refractivity contribution in [1.29, 1.82) is 0 Å². The Bertz CT molecular complexity index is 1440. The summed E-state index contributed by atoms with van der Waals surface area (Å²) in [6.45, 7) is 7.23. The molecule has 0 spiro atoms. The lowest BCUT2D eigenvalue weighted by Gasteiger charge is -2.43. The molecule has 36 heavy (non-hydrogen) atoms. The average Bonchev–Trinajstić information content (AvgIpc) is 3.22. The van der Waals surface area contributed by atoms with Gasteiger partial charge in [-0.05, 0) is 45.0 Å². The van der Waals surface area contributed by atoms with Gasteiger partial charge >= 0.3 is 6.09 Å². The van der Waals surface area contributed by atoms with Gasteiger partial charge in [-0.25, -0.2) is 14.8 Å². The van der Waals surface area contributed by atoms with E-state index in [2.05, 4.69) is 21.0 Å². The molecule has 2 atom stereocenters. The molecule has 0 aliphatic carbocycles. The van der Waals surface area contributed by atoms with Crippen LogP contribution in [0.25, 0.3) is 33.2 Å². The van der Waals surface area contributed by atoms with E-state index < -0.39 is 6.09 Å². The third kappa shape index (κ3) is 4.17. The van der Waals surface area contributed by atoms with Crippen molar-refractivity contribution in [2.24, 2.45) is 7.05 Å². The molecule has 10 nitrogen and oxygen atoms in total. The van der Waals surface area contributed by atoms with Crippen LogP contribution in [0.1, 0.15) is 19.4 Å². The summed E-state index contributed by atoms with van der Waals surface area (Å²) in [5.41, 5.74) is 4.39. The minimum absolute atomic E-state index is 0.100. The molecule has 5 rings (SSSR count). The molecule has 0 radical (unpaired) electrons. The molecule has 2 aromatic heterocycles. The van der Waals surface area contributed by atoms with Gasteiger partial charge in [0.05, 0.1) is 28.7 Å². The fourth-order valence-electron chi connectivity index (χ4n) is 5.16. The Kier molecular flexibility index (Phi) is 6.13. The Labute approximate surface area is 209 Å². The van der Waals surface area contributed by atoms with Crippen LogP contribution in [-0.2, 0) is 11.8 Å². The molecule has 1 saturated heterocycles. The molecule has 188 valence electrons. The minimum Gasteiger partial charge on any atom is -0.466 e. The number of hydrogen-bond donors (Lipinski definition) is 1. The SMILES string of the molecule is COCOc1c(-c2ncc3cc(N4C[C@@H](C)N(C(=O)O)[C@@H](C)C4)ccc3n2)cc2cn(C)nc2c1C. The maximum atomic E-state index is 11.6. The van der Waals surface area contributed by atoms with Gasteiger partial charge in [-0.3, -0.25) is 9.58 Å². The van der Waals surface area contributed by atoms with E-state index in [4.69, 9.17) is 14.5 Å². The summed E-state index contributed by atoms with van der Waals surface area (Å²) < 4.78 is 12.9. The standard InChI is InChI=1S/C26H30N6O4/c1-15-11-31(12-16(2)32(15)26(33)34)20-6-7-22-18(8-20)10-27-25(28-22)21-9-19-13-30(4)29-23(19)17(3)24(21)36-14-35-5/h6-10,13,15-16H,11-12,14H2,1-5H3,(H,33,34)/t15-,16+. The summed E-state index contributed by atoms with van der Waals surface area (Å²) in [6.07, 6.45) is 2.91. The normalized spacial score (nSPS) is 18.2. The molecule has 3 heterocycles. The Morgan fingerprint density at radius 1 is 1.17 bits per heavy atom. The number of aryl methyl sites for hydroxylation is 2. The predicted molar refractivity (Wildman–Crippen MR) is 137 cm³/mol. The monoisotopic (exact) mass is 490 g/mol. The van der Waals surface area contributed by atoms with Crippen LogP contribution < -0.4 is 9.64 Å². The smallest absolute Gasteiger partial charge is 0.407 e. The van der Waals surface area contributed by atoms with Gasteiger partial charge in [0.15, 0.2) is 12.6 Å². The zero-order chi connectivity index (χ0) is 25.6. The number of hydrogen-bond acceptors (Lipinski definition) is 7. The zero-order valence-corrected chi connectivity index (χ0v) is 21.1. The van der Waals surface area contributed by atoms with Crippen molar-refractivity contribution >= 4 is 33.6 Å². The van der Waals surface area contributed by atoms with Crippen molar-refractivity contribution in [1.82, 2.24) is 24.6 Å². The van der Waals surface area contributed by atoms with Gasteiger partial charge in [0.1, 0.15) is 5.75 Å². The molecule has 1 amide bonds. The molecule has 2 aromatic carbocycles. The van der Waals surface area contributed by atoms with Crippen molar-refractivity contribution in [3.63, 3.8) is 0 Å². The number of piperazine rings is 1. The number of carbonyl (C=O) groups is 1. The summed E-state index contributed by atoms with van der Waals surface area (Å²) in [5, 5.41) is 16.0. The first kappa shape index (κ1) is 23.8. The second kappa shape index (κ2) is 9.27. The summed E-state index contributed by atoms with van der Waals surface area (Å²) >= 11 is 0. The van der Waals surface area contributed by atoms with Gasteiger partial charge in [-0.2, -0.15) is 5.10 Å². The summed E-state index contributed by atoms with van der Waals surface area (Å²) in [4.78, 5) is 24.9. The lowest BCUT2D eigenvalue weighted by atomic mass is 10.0. The number of rotatable bonds is 5. The highest BCUT2D eigenvalue weighted by Gasteiger charge is 2.33. The molecule has 0 saturated carbocycles. The minimum atomic E-state index is -0.873. The Morgan fingerprint density at radius 3 is 2.61 bits per heavy atom. The molecule has 1 aliphatic rings. The number of carboxylic acid groups (broad SMARTS) is 1. The lowest BCUT2D eigenvalue weighted by Crippen LogP contribution is -2.58. The third-order valence-electron chi connectivity index (χ3n) is 6.73. The summed E-state index contributed by atoms with van der Waals surface area (Å²) in [5.74, 6) is 1.21. The third-order valence-corrected chi connectivity index (χ3v) is 6.73. The Balaban J connectivity index is 1.51. The van der Waals surface area contributed by atoms with Crippen molar-refractivity contribution < 1.29 is 19.4 Å². The van der Waals surface area contributed by atoms with Crippen LogP contribution in [0.3, 0.4) is 0 Å². The first-order valence-electron chi connectivity index (χ1n) is 11.9. The molecule has 0 unspecified atom stereocenters. The fraction of sp³-hybridized carbons (Fsp3) is 0.385. The molecule has 1 fully saturated rings. The van der Waals surface area contributed by atoms with Crippen LogP contribution in [0.5, 0.6) is 5.75 Å². The van der Waals surface area contributed by atoms with Gasteiger partial charge in [0, 0.05) is 61.7 Å². The topological polar surface area (TPSA) is 106 Å². The fourth-order valence-corrected chi connectivity index (χ4v) is 5.16. The number of methoxy groups -OCH3 is 1. The Hall–Kier alpha value is -3.92. The first-order valence-corrected chi connectivity index (χ1v) is 11.9. The van der Waals surface area contributed by atoms with Gasteiger partial charge in [0.2, 0.25) is 0 Å². The first-order chi connectivity index (χ1) is 17.3. The predicted octanol–water partition coefficient (Wildman–Crippen LogP) is 4.05. The summed E-state index contributed by atoms with van der Waals surface area (Å²) in [7, 11) is 3.48. The molecule has 1 N–H and O–H groups in total. The number of amides is 1. The van der Waals surface area contributed by atoms with E-state index in [1.165, 1.54) is 4.90 Å². The molecule has 0 bridgehead atoms. The van der Waals surface area contributed by atoms with Gasteiger partial charge in [-0.1, -0.05) is 0 Å². The molecular weight excluding hydrogens is 460 g/mol. The van der Waals surface area contributed by atoms with Crippen LogP contribution in [0.4, 0.5) is 10.5 Å². The number of aromatic nitrogens is 4. The van der Waals surface area contributed by atoms with Crippen LogP contribution in [0, 0.1) is 6.92 Å². The van der Waals surface area contributed by atoms with Crippen LogP contribution in [0.15, 0.2) is 36.7 Å².